The third-order valence-corrected chi connectivity index (χ3v) is 0.707. The van der Waals surface area contributed by atoms with Crippen LogP contribution in [0.5, 0.6) is 0 Å². The molecule has 0 aromatic carbocycles. The molecule has 0 amide bonds. The summed E-state index contributed by atoms with van der Waals surface area (Å²) in [5.74, 6) is 0. The molecule has 0 aromatic rings. The molecule has 0 N–H and O–H groups in total. The summed E-state index contributed by atoms with van der Waals surface area (Å²) in [5.41, 5.74) is 0. The molecule has 5 heavy (non-hydrogen) atoms. The van der Waals surface area contributed by atoms with E-state index in [0.29, 0.717) is 0 Å². The van der Waals surface area contributed by atoms with Gasteiger partial charge in [0.05, 0.1) is 0 Å². The van der Waals surface area contributed by atoms with Crippen LogP contribution >= 0.6 is 0 Å². The lowest BCUT2D eigenvalue weighted by molar-refractivity contribution is 0.309. The minimum atomic E-state index is -0.568. The highest BCUT2D eigenvalue weighted by atomic mass is 28.3. The van der Waals surface area contributed by atoms with E-state index in [0.717, 1.165) is 0 Å². The molecule has 0 atom stereocenters. The van der Waals surface area contributed by atoms with E-state index < -0.39 is 10.0 Å². The second kappa shape index (κ2) is 4.14. The quantitative estimate of drug-likeness (QED) is 0.418. The van der Waals surface area contributed by atoms with E-state index in [9.17, 15) is 0 Å². The molecule has 0 aromatic heterocycles. The van der Waals surface area contributed by atoms with Crippen LogP contribution in [0.4, 0.5) is 0 Å². The smallest absolute Gasteiger partial charge is 0.303 e. The first-order chi connectivity index (χ1) is 2.41. The molecule has 0 fully saturated rings. The summed E-state index contributed by atoms with van der Waals surface area (Å²) in [5, 5.41) is 0. The Balaban J connectivity index is 2.19. The monoisotopic (exact) mass is 92.0 g/mol. The average Bonchev–Trinajstić information content (AvgIpc) is 1.41. The third kappa shape index (κ3) is 4.14. The van der Waals surface area contributed by atoms with Crippen LogP contribution in [-0.4, -0.2) is 24.2 Å². The van der Waals surface area contributed by atoms with E-state index in [1.807, 2.05) is 0 Å². The predicted octanol–water partition coefficient (Wildman–Crippen LogP) is -0.722. The fourth-order valence-corrected chi connectivity index (χ4v) is 0.354. The van der Waals surface area contributed by atoms with Crippen molar-refractivity contribution >= 4 is 10.0 Å². The molecule has 0 radical (unpaired) electrons. The van der Waals surface area contributed by atoms with Gasteiger partial charge in [0.2, 0.25) is 0 Å². The summed E-state index contributed by atoms with van der Waals surface area (Å²) in [6.07, 6.45) is 0. The minimum Gasteiger partial charge on any atom is -0.402 e. The fourth-order valence-electron chi connectivity index (χ4n) is 0.118. The Bertz CT molecular complexity index is 15.1. The van der Waals surface area contributed by atoms with Gasteiger partial charge in [0.1, 0.15) is 0 Å². The lowest BCUT2D eigenvalue weighted by Gasteiger charge is -1.86. The van der Waals surface area contributed by atoms with Crippen LogP contribution < -0.4 is 0 Å². The van der Waals surface area contributed by atoms with Crippen molar-refractivity contribution in [2.75, 3.05) is 14.2 Å². The first-order valence-corrected chi connectivity index (χ1v) is 2.55. The van der Waals surface area contributed by atoms with Gasteiger partial charge in [-0.1, -0.05) is 0 Å². The van der Waals surface area contributed by atoms with Crippen LogP contribution in [0.1, 0.15) is 0 Å². The van der Waals surface area contributed by atoms with Crippen molar-refractivity contribution in [3.8, 4) is 0 Å². The molecule has 0 aliphatic rings. The van der Waals surface area contributed by atoms with Crippen molar-refractivity contribution in [2.24, 2.45) is 0 Å². The maximum Gasteiger partial charge on any atom is 0.303 e. The van der Waals surface area contributed by atoms with E-state index in [1.54, 1.807) is 14.2 Å². The normalized spacial score (nSPS) is 8.40. The van der Waals surface area contributed by atoms with Gasteiger partial charge in [-0.15, -0.1) is 0 Å². The number of rotatable bonds is 2. The van der Waals surface area contributed by atoms with Gasteiger partial charge in [0, 0.05) is 14.2 Å². The zero-order chi connectivity index (χ0) is 4.12. The Labute approximate surface area is 34.2 Å². The highest BCUT2D eigenvalue weighted by molar-refractivity contribution is 6.17. The average molecular weight is 92.2 g/mol. The van der Waals surface area contributed by atoms with Gasteiger partial charge in [0.25, 0.3) is 0 Å². The van der Waals surface area contributed by atoms with Gasteiger partial charge in [-0.2, -0.15) is 0 Å². The second-order valence-corrected chi connectivity index (χ2v) is 2.09. The first-order valence-electron chi connectivity index (χ1n) is 1.39. The molecule has 0 aliphatic carbocycles. The molecule has 0 spiro atoms. The Morgan fingerprint density at radius 2 is 1.60 bits per heavy atom. The van der Waals surface area contributed by atoms with Crippen LogP contribution in [0, 0.1) is 0 Å². The number of hydrogen-bond acceptors (Lipinski definition) is 2. The van der Waals surface area contributed by atoms with Gasteiger partial charge in [-0.3, -0.25) is 0 Å². The van der Waals surface area contributed by atoms with Crippen LogP contribution in [0.15, 0.2) is 0 Å². The zero-order valence-corrected chi connectivity index (χ0v) is 4.94. The lowest BCUT2D eigenvalue weighted by atomic mass is 11.8. The maximum absolute atomic E-state index is 4.61. The van der Waals surface area contributed by atoms with Gasteiger partial charge >= 0.3 is 10.0 Å². The van der Waals surface area contributed by atoms with Crippen LogP contribution in [0.25, 0.3) is 0 Å². The van der Waals surface area contributed by atoms with Gasteiger partial charge in [0.15, 0.2) is 0 Å². The van der Waals surface area contributed by atoms with E-state index in [-0.39, 0.29) is 0 Å². The fraction of sp³-hybridized carbons (Fsp3) is 1.00. The highest BCUT2D eigenvalue weighted by Gasteiger charge is 1.67. The molecular formula is C2H8O2Si. The van der Waals surface area contributed by atoms with E-state index >= 15 is 0 Å². The largest absolute Gasteiger partial charge is 0.402 e. The SMILES string of the molecule is CO[SiH2]OC. The summed E-state index contributed by atoms with van der Waals surface area (Å²) in [4.78, 5) is 0. The van der Waals surface area contributed by atoms with Crippen molar-refractivity contribution in [3.63, 3.8) is 0 Å². The van der Waals surface area contributed by atoms with Gasteiger partial charge in [-0.05, 0) is 0 Å². The molecule has 0 rings (SSSR count). The van der Waals surface area contributed by atoms with E-state index in [4.69, 9.17) is 0 Å². The molecule has 3 heteroatoms. The van der Waals surface area contributed by atoms with Crippen LogP contribution in [-0.2, 0) is 8.85 Å². The molecular weight excluding hydrogens is 84.1 g/mol. The van der Waals surface area contributed by atoms with Crippen molar-refractivity contribution in [1.29, 1.82) is 0 Å². The minimum absolute atomic E-state index is 0.568. The lowest BCUT2D eigenvalue weighted by Crippen LogP contribution is -1.93. The summed E-state index contributed by atoms with van der Waals surface area (Å²) >= 11 is 0. The van der Waals surface area contributed by atoms with Crippen molar-refractivity contribution in [1.82, 2.24) is 0 Å². The highest BCUT2D eigenvalue weighted by Crippen LogP contribution is 1.55. The summed E-state index contributed by atoms with van der Waals surface area (Å²) < 4.78 is 9.22. The molecule has 2 nitrogen and oxygen atoms in total. The summed E-state index contributed by atoms with van der Waals surface area (Å²) in [6, 6.07) is 0. The second-order valence-electron chi connectivity index (χ2n) is 0.695. The number of hydrogen-bond donors (Lipinski definition) is 0. The molecule has 0 saturated carbocycles. The predicted molar refractivity (Wildman–Crippen MR) is 22.6 cm³/mol. The first kappa shape index (κ1) is 5.14. The van der Waals surface area contributed by atoms with Crippen molar-refractivity contribution < 1.29 is 8.85 Å². The molecule has 0 bridgehead atoms. The molecule has 32 valence electrons. The van der Waals surface area contributed by atoms with Crippen LogP contribution in [0.2, 0.25) is 0 Å². The van der Waals surface area contributed by atoms with Crippen LogP contribution in [0.3, 0.4) is 0 Å². The van der Waals surface area contributed by atoms with Crippen molar-refractivity contribution in [2.45, 2.75) is 0 Å². The summed E-state index contributed by atoms with van der Waals surface area (Å²) in [7, 11) is 2.73. The topological polar surface area (TPSA) is 18.5 Å². The molecule has 0 unspecified atom stereocenters. The third-order valence-electron chi connectivity index (χ3n) is 0.236. The Kier molecular flexibility index (Phi) is 4.25. The van der Waals surface area contributed by atoms with Gasteiger partial charge < -0.3 is 8.85 Å². The van der Waals surface area contributed by atoms with E-state index in [2.05, 4.69) is 8.85 Å². The molecule has 0 saturated heterocycles. The van der Waals surface area contributed by atoms with Crippen molar-refractivity contribution in [3.05, 3.63) is 0 Å². The Morgan fingerprint density at radius 3 is 1.60 bits per heavy atom. The standard InChI is InChI=1S/C2H8O2Si/c1-3-5-4-2/h5H2,1-2H3. The maximum atomic E-state index is 4.61. The van der Waals surface area contributed by atoms with E-state index in [1.165, 1.54) is 0 Å². The zero-order valence-electron chi connectivity index (χ0n) is 3.52. The van der Waals surface area contributed by atoms with Gasteiger partial charge in [-0.25, -0.2) is 0 Å². The Hall–Kier alpha value is 0.137. The summed E-state index contributed by atoms with van der Waals surface area (Å²) in [6.45, 7) is 0. The molecule has 0 heterocycles. The Morgan fingerprint density at radius 1 is 1.20 bits per heavy atom. The molecule has 0 aliphatic heterocycles.